The Morgan fingerprint density at radius 2 is 1.70 bits per heavy atom. The summed E-state index contributed by atoms with van der Waals surface area (Å²) in [5.41, 5.74) is 1.56. The highest BCUT2D eigenvalue weighted by Crippen LogP contribution is 2.29. The number of anilines is 1. The van der Waals surface area contributed by atoms with Crippen molar-refractivity contribution in [2.75, 3.05) is 24.5 Å². The molecule has 1 aromatic heterocycles. The van der Waals surface area contributed by atoms with Crippen LogP contribution in [0.25, 0.3) is 0 Å². The number of carbonyl (C=O) groups is 2. The minimum Gasteiger partial charge on any atom is -0.478 e. The molecular formula is C29H30F4N4O6S. The summed E-state index contributed by atoms with van der Waals surface area (Å²) < 4.78 is 84.8. The number of nitrogens with zero attached hydrogens (tertiary/aromatic N) is 3. The number of sulfonamides is 1. The molecule has 2 aromatic carbocycles. The summed E-state index contributed by atoms with van der Waals surface area (Å²) in [6.07, 6.45) is -3.12. The van der Waals surface area contributed by atoms with Crippen molar-refractivity contribution >= 4 is 27.7 Å². The van der Waals surface area contributed by atoms with Gasteiger partial charge >= 0.3 is 12.3 Å². The van der Waals surface area contributed by atoms with Gasteiger partial charge in [0, 0.05) is 26.2 Å². The molecule has 1 aliphatic heterocycles. The predicted octanol–water partition coefficient (Wildman–Crippen LogP) is 4.27. The molecule has 0 radical (unpaired) electrons. The number of benzene rings is 2. The number of aromatic nitrogens is 1. The van der Waals surface area contributed by atoms with E-state index in [0.29, 0.717) is 0 Å². The van der Waals surface area contributed by atoms with Gasteiger partial charge in [-0.25, -0.2) is 22.6 Å². The Hall–Kier alpha value is -4.24. The molecule has 2 N–H and O–H groups in total. The number of piperazine rings is 1. The van der Waals surface area contributed by atoms with Crippen LogP contribution < -0.4 is 15.0 Å². The highest BCUT2D eigenvalue weighted by atomic mass is 32.2. The van der Waals surface area contributed by atoms with Gasteiger partial charge in [0.15, 0.2) is 11.6 Å². The molecule has 1 aliphatic rings. The molecule has 236 valence electrons. The average molecular weight is 639 g/mol. The Kier molecular flexibility index (Phi) is 9.78. The number of aryl methyl sites for hydroxylation is 2. The summed E-state index contributed by atoms with van der Waals surface area (Å²) in [5, 5.41) is 12.0. The van der Waals surface area contributed by atoms with Crippen LogP contribution in [-0.4, -0.2) is 66.7 Å². The maximum absolute atomic E-state index is 15.0. The van der Waals surface area contributed by atoms with Crippen LogP contribution in [0.4, 0.5) is 23.4 Å². The molecule has 44 heavy (non-hydrogen) atoms. The number of ether oxygens (including phenoxy) is 1. The van der Waals surface area contributed by atoms with Crippen LogP contribution in [-0.2, 0) is 27.8 Å². The molecule has 3 aromatic rings. The average Bonchev–Trinajstić information content (AvgIpc) is 2.96. The van der Waals surface area contributed by atoms with Gasteiger partial charge in [-0.2, -0.15) is 4.31 Å². The van der Waals surface area contributed by atoms with E-state index in [-0.39, 0.29) is 48.1 Å². The molecule has 1 fully saturated rings. The first-order valence-corrected chi connectivity index (χ1v) is 15.0. The number of halogens is 4. The van der Waals surface area contributed by atoms with E-state index in [2.05, 4.69) is 22.0 Å². The van der Waals surface area contributed by atoms with Crippen molar-refractivity contribution in [3.05, 3.63) is 82.8 Å². The maximum atomic E-state index is 15.0. The lowest BCUT2D eigenvalue weighted by atomic mass is 10.1. The molecule has 0 spiro atoms. The lowest BCUT2D eigenvalue weighted by molar-refractivity contribution is -0.274. The molecule has 15 heteroatoms. The molecular weight excluding hydrogens is 608 g/mol. The van der Waals surface area contributed by atoms with Gasteiger partial charge in [-0.05, 0) is 54.8 Å². The summed E-state index contributed by atoms with van der Waals surface area (Å²) in [6.45, 7) is 2.73. The Morgan fingerprint density at radius 1 is 1.07 bits per heavy atom. The van der Waals surface area contributed by atoms with Crippen molar-refractivity contribution in [2.45, 2.75) is 50.5 Å². The Balaban J connectivity index is 1.62. The molecule has 10 nitrogen and oxygen atoms in total. The molecule has 1 amide bonds. The molecule has 2 heterocycles. The fourth-order valence-corrected chi connectivity index (χ4v) is 6.40. The number of hydrogen-bond acceptors (Lipinski definition) is 7. The Labute approximate surface area is 251 Å². The minimum absolute atomic E-state index is 0.0256. The number of hydrogen-bond donors (Lipinski definition) is 2. The summed E-state index contributed by atoms with van der Waals surface area (Å²) in [5.74, 6) is -3.91. The zero-order valence-electron chi connectivity index (χ0n) is 23.8. The van der Waals surface area contributed by atoms with Gasteiger partial charge in [0.2, 0.25) is 15.9 Å². The summed E-state index contributed by atoms with van der Waals surface area (Å²) in [7, 11) is -4.44. The van der Waals surface area contributed by atoms with Crippen LogP contribution in [0, 0.1) is 12.7 Å². The van der Waals surface area contributed by atoms with Gasteiger partial charge in [0.05, 0.1) is 16.2 Å². The van der Waals surface area contributed by atoms with E-state index in [4.69, 9.17) is 0 Å². The number of carboxylic acid groups (broad SMARTS) is 1. The zero-order chi connectivity index (χ0) is 32.2. The Morgan fingerprint density at radius 3 is 2.30 bits per heavy atom. The van der Waals surface area contributed by atoms with Gasteiger partial charge in [-0.15, -0.1) is 13.2 Å². The third-order valence-corrected chi connectivity index (χ3v) is 8.93. The second-order valence-electron chi connectivity index (χ2n) is 10.1. The van der Waals surface area contributed by atoms with Crippen molar-refractivity contribution < 1.29 is 45.4 Å². The van der Waals surface area contributed by atoms with Crippen molar-refractivity contribution in [1.82, 2.24) is 14.6 Å². The van der Waals surface area contributed by atoms with Gasteiger partial charge in [0.25, 0.3) is 0 Å². The molecule has 1 saturated heterocycles. The number of pyridine rings is 1. The number of aromatic carboxylic acids is 1. The first-order valence-electron chi connectivity index (χ1n) is 13.6. The smallest absolute Gasteiger partial charge is 0.478 e. The van der Waals surface area contributed by atoms with Crippen LogP contribution in [0.15, 0.2) is 59.5 Å². The first-order chi connectivity index (χ1) is 20.7. The number of alkyl halides is 3. The van der Waals surface area contributed by atoms with E-state index in [1.165, 1.54) is 11.8 Å². The number of carboxylic acids is 1. The van der Waals surface area contributed by atoms with Crippen LogP contribution in [0.3, 0.4) is 0 Å². The van der Waals surface area contributed by atoms with Gasteiger partial charge in [-0.1, -0.05) is 37.6 Å². The van der Waals surface area contributed by atoms with Crippen LogP contribution in [0.5, 0.6) is 5.75 Å². The van der Waals surface area contributed by atoms with E-state index < -0.39 is 45.9 Å². The topological polar surface area (TPSA) is 129 Å². The minimum atomic E-state index is -4.97. The van der Waals surface area contributed by atoms with Crippen LogP contribution in [0.1, 0.15) is 40.5 Å². The predicted molar refractivity (Wildman–Crippen MR) is 151 cm³/mol. The molecule has 0 saturated carbocycles. The van der Waals surface area contributed by atoms with Crippen molar-refractivity contribution in [3.63, 3.8) is 0 Å². The lowest BCUT2D eigenvalue weighted by Crippen LogP contribution is -2.60. The Bertz CT molecular complexity index is 1620. The second kappa shape index (κ2) is 13.2. The third kappa shape index (κ3) is 7.63. The molecule has 0 unspecified atom stereocenters. The largest absolute Gasteiger partial charge is 0.573 e. The van der Waals surface area contributed by atoms with E-state index in [9.17, 15) is 36.3 Å². The number of nitrogens with one attached hydrogen (secondary N) is 1. The van der Waals surface area contributed by atoms with Crippen molar-refractivity contribution in [2.24, 2.45) is 0 Å². The fourth-order valence-electron chi connectivity index (χ4n) is 4.83. The highest BCUT2D eigenvalue weighted by molar-refractivity contribution is 7.89. The molecule has 0 bridgehead atoms. The monoisotopic (exact) mass is 638 g/mol. The number of rotatable bonds is 10. The van der Waals surface area contributed by atoms with E-state index in [0.717, 1.165) is 58.6 Å². The lowest BCUT2D eigenvalue weighted by Gasteiger charge is -2.40. The second-order valence-corrected chi connectivity index (χ2v) is 12.0. The summed E-state index contributed by atoms with van der Waals surface area (Å²) in [4.78, 5) is 30.0. The first kappa shape index (κ1) is 32.7. The quantitative estimate of drug-likeness (QED) is 0.315. The summed E-state index contributed by atoms with van der Waals surface area (Å²) >= 11 is 0. The van der Waals surface area contributed by atoms with Crippen molar-refractivity contribution in [3.8, 4) is 5.75 Å². The van der Waals surface area contributed by atoms with E-state index >= 15 is 4.39 Å². The molecule has 1 atom stereocenters. The zero-order valence-corrected chi connectivity index (χ0v) is 24.6. The van der Waals surface area contributed by atoms with E-state index in [1.54, 1.807) is 0 Å². The van der Waals surface area contributed by atoms with Gasteiger partial charge < -0.3 is 20.1 Å². The number of amides is 1. The van der Waals surface area contributed by atoms with Gasteiger partial charge in [-0.3, -0.25) is 4.79 Å². The van der Waals surface area contributed by atoms with Gasteiger partial charge in [0.1, 0.15) is 11.8 Å². The van der Waals surface area contributed by atoms with Crippen LogP contribution in [0.2, 0.25) is 0 Å². The highest BCUT2D eigenvalue weighted by Gasteiger charge is 2.41. The third-order valence-electron chi connectivity index (χ3n) is 7.00. The molecule has 4 rings (SSSR count). The fraction of sp³-hybridized carbons (Fsp3) is 0.345. The van der Waals surface area contributed by atoms with Crippen molar-refractivity contribution in [1.29, 1.82) is 0 Å². The van der Waals surface area contributed by atoms with E-state index in [1.807, 2.05) is 24.3 Å². The normalized spacial score (nSPS) is 16.0. The summed E-state index contributed by atoms with van der Waals surface area (Å²) in [6, 6.07) is 10.5. The standard InChI is InChI=1S/C29H30F4N4O6S/c1-3-4-19-5-7-20(8-6-19)16-34-27(38)25-17-36(26-24(30)15-23(28(39)40)18(2)35-26)13-14-37(25)44(41,42)22-11-9-21(10-12-22)43-29(31,32)33/h5-12,15,25H,3-4,13-14,16-17H2,1-2H3,(H,34,38)(H,39,40)/t25-/m1/s1. The number of carbonyl (C=O) groups excluding carboxylic acids is 1. The SMILES string of the molecule is CCCc1ccc(CNC(=O)[C@H]2CN(c3nc(C)c(C(=O)O)cc3F)CCN2S(=O)(=O)c2ccc(OC(F)(F)F)cc2)cc1. The van der Waals surface area contributed by atoms with Crippen LogP contribution >= 0.6 is 0 Å². The maximum Gasteiger partial charge on any atom is 0.573 e. The molecule has 0 aliphatic carbocycles.